The Kier molecular flexibility index (Phi) is 9.07. The number of aromatic nitrogens is 2. The highest BCUT2D eigenvalue weighted by Gasteiger charge is 2.25. The molecule has 2 heterocycles. The van der Waals surface area contributed by atoms with E-state index in [1.54, 1.807) is 4.90 Å². The summed E-state index contributed by atoms with van der Waals surface area (Å²) in [6, 6.07) is 12.1. The molecule has 1 aliphatic heterocycles. The molecule has 190 valence electrons. The van der Waals surface area contributed by atoms with Crippen molar-refractivity contribution in [3.05, 3.63) is 42.0 Å². The van der Waals surface area contributed by atoms with E-state index in [4.69, 9.17) is 0 Å². The zero-order valence-corrected chi connectivity index (χ0v) is 21.9. The van der Waals surface area contributed by atoms with E-state index in [-0.39, 0.29) is 24.0 Å². The first-order valence-electron chi connectivity index (χ1n) is 12.7. The van der Waals surface area contributed by atoms with Crippen LogP contribution in [0.5, 0.6) is 0 Å². The van der Waals surface area contributed by atoms with Gasteiger partial charge in [-0.1, -0.05) is 43.2 Å². The highest BCUT2D eigenvalue weighted by Crippen LogP contribution is 2.20. The summed E-state index contributed by atoms with van der Waals surface area (Å²) in [7, 11) is 0. The van der Waals surface area contributed by atoms with Crippen LogP contribution in [0.25, 0.3) is 11.3 Å². The molecule has 1 saturated heterocycles. The van der Waals surface area contributed by atoms with Gasteiger partial charge in [-0.3, -0.25) is 4.79 Å². The Labute approximate surface area is 209 Å². The fourth-order valence-electron chi connectivity index (χ4n) is 4.03. The number of nitrogens with zero attached hydrogens (tertiary/aromatic N) is 5. The zero-order chi connectivity index (χ0) is 25.4. The third kappa shape index (κ3) is 7.94. The fourth-order valence-corrected chi connectivity index (χ4v) is 4.03. The van der Waals surface area contributed by atoms with Gasteiger partial charge in [-0.05, 0) is 52.7 Å². The van der Waals surface area contributed by atoms with Crippen LogP contribution >= 0.6 is 0 Å². The Bertz CT molecular complexity index is 969. The van der Waals surface area contributed by atoms with Crippen LogP contribution in [-0.2, 0) is 4.79 Å². The summed E-state index contributed by atoms with van der Waals surface area (Å²) < 4.78 is 0. The minimum atomic E-state index is -0.344. The van der Waals surface area contributed by atoms with Crippen molar-refractivity contribution in [1.29, 1.82) is 0 Å². The minimum absolute atomic E-state index is 0.00665. The number of amides is 3. The molecule has 0 atom stereocenters. The largest absolute Gasteiger partial charge is 0.353 e. The molecule has 0 saturated carbocycles. The normalized spacial score (nSPS) is 14.4. The van der Waals surface area contributed by atoms with Crippen LogP contribution in [0.1, 0.15) is 52.5 Å². The zero-order valence-electron chi connectivity index (χ0n) is 21.9. The van der Waals surface area contributed by atoms with Gasteiger partial charge in [-0.2, -0.15) is 0 Å². The Morgan fingerprint density at radius 3 is 2.37 bits per heavy atom. The van der Waals surface area contributed by atoms with Crippen LogP contribution in [0.2, 0.25) is 0 Å². The molecule has 0 aliphatic carbocycles. The number of carbonyl (C=O) groups excluding carboxylic acids is 2. The highest BCUT2D eigenvalue weighted by atomic mass is 16.2. The smallest absolute Gasteiger partial charge is 0.318 e. The first-order valence-corrected chi connectivity index (χ1v) is 12.7. The number of unbranched alkanes of at least 4 members (excludes halogenated alkanes) is 1. The van der Waals surface area contributed by atoms with Gasteiger partial charge in [0.05, 0.1) is 5.69 Å². The number of carbonyl (C=O) groups is 2. The molecule has 1 fully saturated rings. The van der Waals surface area contributed by atoms with E-state index in [0.717, 1.165) is 42.9 Å². The van der Waals surface area contributed by atoms with Gasteiger partial charge < -0.3 is 20.0 Å². The molecule has 0 unspecified atom stereocenters. The number of rotatable bonds is 7. The van der Waals surface area contributed by atoms with E-state index < -0.39 is 0 Å². The van der Waals surface area contributed by atoms with Crippen LogP contribution in [0.3, 0.4) is 0 Å². The van der Waals surface area contributed by atoms with Crippen LogP contribution in [0.4, 0.5) is 10.6 Å². The molecule has 1 N–H and O–H groups in total. The Balaban J connectivity index is 1.59. The summed E-state index contributed by atoms with van der Waals surface area (Å²) in [4.78, 5) is 31.6. The fraction of sp³-hybridized carbons (Fsp3) is 0.556. The quantitative estimate of drug-likeness (QED) is 0.645. The molecule has 8 heteroatoms. The molecule has 1 aliphatic rings. The molecule has 0 bridgehead atoms. The lowest BCUT2D eigenvalue weighted by Gasteiger charge is -2.30. The Morgan fingerprint density at radius 1 is 1.00 bits per heavy atom. The molecule has 35 heavy (non-hydrogen) atoms. The van der Waals surface area contributed by atoms with Crippen molar-refractivity contribution < 1.29 is 9.59 Å². The Morgan fingerprint density at radius 2 is 1.74 bits per heavy atom. The predicted molar refractivity (Wildman–Crippen MR) is 140 cm³/mol. The minimum Gasteiger partial charge on any atom is -0.353 e. The first-order chi connectivity index (χ1) is 16.7. The van der Waals surface area contributed by atoms with Crippen molar-refractivity contribution in [3.63, 3.8) is 0 Å². The van der Waals surface area contributed by atoms with Gasteiger partial charge in [-0.15, -0.1) is 10.2 Å². The summed E-state index contributed by atoms with van der Waals surface area (Å²) in [5, 5.41) is 11.9. The second-order valence-electron chi connectivity index (χ2n) is 10.3. The van der Waals surface area contributed by atoms with Crippen molar-refractivity contribution in [3.8, 4) is 11.3 Å². The summed E-state index contributed by atoms with van der Waals surface area (Å²) >= 11 is 0. The van der Waals surface area contributed by atoms with Crippen molar-refractivity contribution in [2.45, 2.75) is 59.4 Å². The van der Waals surface area contributed by atoms with Crippen LogP contribution in [-0.4, -0.2) is 76.7 Å². The molecule has 0 radical (unpaired) electrons. The SMILES string of the molecule is CCCCN(CC(=O)N1CCCN(c2ccc(-c3ccc(C)cc3)nn2)CC1)C(=O)NC(C)(C)C. The number of hydrogen-bond acceptors (Lipinski definition) is 5. The summed E-state index contributed by atoms with van der Waals surface area (Å²) in [5.74, 6) is 0.817. The van der Waals surface area contributed by atoms with Crippen molar-refractivity contribution in [2.75, 3.05) is 44.2 Å². The van der Waals surface area contributed by atoms with E-state index in [9.17, 15) is 9.59 Å². The number of anilines is 1. The number of urea groups is 1. The second-order valence-corrected chi connectivity index (χ2v) is 10.3. The van der Waals surface area contributed by atoms with E-state index in [1.165, 1.54) is 5.56 Å². The average molecular weight is 481 g/mol. The number of benzene rings is 1. The molecule has 1 aromatic heterocycles. The lowest BCUT2D eigenvalue weighted by Crippen LogP contribution is -2.52. The molecular weight excluding hydrogens is 440 g/mol. The maximum absolute atomic E-state index is 13.1. The monoisotopic (exact) mass is 480 g/mol. The van der Waals surface area contributed by atoms with Crippen molar-refractivity contribution in [2.24, 2.45) is 0 Å². The molecule has 3 amide bonds. The second kappa shape index (κ2) is 12.0. The number of aryl methyl sites for hydroxylation is 1. The Hall–Kier alpha value is -3.16. The summed E-state index contributed by atoms with van der Waals surface area (Å²) in [5.41, 5.74) is 2.76. The third-order valence-electron chi connectivity index (χ3n) is 6.05. The number of hydrogen-bond donors (Lipinski definition) is 1. The highest BCUT2D eigenvalue weighted by molar-refractivity contribution is 5.84. The molecular formula is C27H40N6O2. The van der Waals surface area contributed by atoms with E-state index >= 15 is 0 Å². The standard InChI is InChI=1S/C27H40N6O2/c1-6-7-15-33(26(35)28-27(3,4)5)20-25(34)32-17-8-16-31(18-19-32)24-14-13-23(29-30-24)22-11-9-21(2)10-12-22/h9-14H,6-8,15-20H2,1-5H3,(H,28,35). The predicted octanol–water partition coefficient (Wildman–Crippen LogP) is 4.10. The van der Waals surface area contributed by atoms with Crippen molar-refractivity contribution in [1.82, 2.24) is 25.3 Å². The first kappa shape index (κ1) is 26.4. The summed E-state index contributed by atoms with van der Waals surface area (Å²) in [6.07, 6.45) is 2.68. The van der Waals surface area contributed by atoms with E-state index in [2.05, 4.69) is 58.5 Å². The van der Waals surface area contributed by atoms with Gasteiger partial charge in [0.25, 0.3) is 0 Å². The van der Waals surface area contributed by atoms with Crippen LogP contribution in [0.15, 0.2) is 36.4 Å². The maximum atomic E-state index is 13.1. The van der Waals surface area contributed by atoms with Gasteiger partial charge in [-0.25, -0.2) is 4.79 Å². The molecule has 0 spiro atoms. The van der Waals surface area contributed by atoms with Gasteiger partial charge in [0.2, 0.25) is 5.91 Å². The molecule has 8 nitrogen and oxygen atoms in total. The maximum Gasteiger partial charge on any atom is 0.318 e. The number of nitrogens with one attached hydrogen (secondary N) is 1. The van der Waals surface area contributed by atoms with Crippen LogP contribution in [0, 0.1) is 6.92 Å². The van der Waals surface area contributed by atoms with Gasteiger partial charge in [0.1, 0.15) is 6.54 Å². The van der Waals surface area contributed by atoms with Gasteiger partial charge in [0, 0.05) is 43.8 Å². The molecule has 1 aromatic carbocycles. The third-order valence-corrected chi connectivity index (χ3v) is 6.05. The molecule has 2 aromatic rings. The van der Waals surface area contributed by atoms with E-state index in [1.807, 2.05) is 37.8 Å². The van der Waals surface area contributed by atoms with Gasteiger partial charge in [0.15, 0.2) is 5.82 Å². The lowest BCUT2D eigenvalue weighted by molar-refractivity contribution is -0.131. The van der Waals surface area contributed by atoms with Gasteiger partial charge >= 0.3 is 6.03 Å². The average Bonchev–Trinajstić information content (AvgIpc) is 3.07. The lowest BCUT2D eigenvalue weighted by atomic mass is 10.1. The topological polar surface area (TPSA) is 81.7 Å². The van der Waals surface area contributed by atoms with Crippen molar-refractivity contribution >= 4 is 17.8 Å². The molecule has 3 rings (SSSR count). The van der Waals surface area contributed by atoms with E-state index in [0.29, 0.717) is 26.2 Å². The summed E-state index contributed by atoms with van der Waals surface area (Å²) in [6.45, 7) is 13.4. The van der Waals surface area contributed by atoms with Crippen LogP contribution < -0.4 is 10.2 Å².